The fourth-order valence-corrected chi connectivity index (χ4v) is 1.97. The molecule has 1 heterocycles. The van der Waals surface area contributed by atoms with E-state index in [-0.39, 0.29) is 18.4 Å². The van der Waals surface area contributed by atoms with Crippen LogP contribution in [0.4, 0.5) is 0 Å². The highest BCUT2D eigenvalue weighted by Crippen LogP contribution is 2.21. The number of fused-ring (bicyclic) bond motifs is 1. The van der Waals surface area contributed by atoms with E-state index >= 15 is 0 Å². The maximum absolute atomic E-state index is 6.14. The number of benzene rings is 1. The van der Waals surface area contributed by atoms with Gasteiger partial charge < -0.3 is 16.5 Å². The van der Waals surface area contributed by atoms with Gasteiger partial charge in [-0.25, -0.2) is 0 Å². The van der Waals surface area contributed by atoms with Gasteiger partial charge in [-0.3, -0.25) is 0 Å². The summed E-state index contributed by atoms with van der Waals surface area (Å²) >= 11 is 0. The third-order valence-corrected chi connectivity index (χ3v) is 2.98. The van der Waals surface area contributed by atoms with Crippen molar-refractivity contribution < 1.29 is 0 Å². The second-order valence-corrected chi connectivity index (χ2v) is 4.22. The van der Waals surface area contributed by atoms with Crippen LogP contribution in [0.5, 0.6) is 0 Å². The number of hydrogen-bond donors (Lipinski definition) is 3. The van der Waals surface area contributed by atoms with Crippen LogP contribution in [0.3, 0.4) is 0 Å². The molecule has 17 heavy (non-hydrogen) atoms. The Morgan fingerprint density at radius 2 is 2.00 bits per heavy atom. The van der Waals surface area contributed by atoms with E-state index < -0.39 is 0 Å². The van der Waals surface area contributed by atoms with Gasteiger partial charge in [0.15, 0.2) is 0 Å². The minimum absolute atomic E-state index is 0. The monoisotopic (exact) mass is 253 g/mol. The van der Waals surface area contributed by atoms with Crippen molar-refractivity contribution in [1.82, 2.24) is 4.98 Å². The van der Waals surface area contributed by atoms with Crippen LogP contribution in [0, 0.1) is 0 Å². The number of nitrogens with two attached hydrogens (primary N) is 2. The summed E-state index contributed by atoms with van der Waals surface area (Å²) in [7, 11) is 0. The molecule has 0 fully saturated rings. The van der Waals surface area contributed by atoms with E-state index in [0.29, 0.717) is 0 Å². The SMILES string of the molecule is Cl.NCCCC[C@H](N)c1ccc2cc[nH]c2c1. The first-order valence-electron chi connectivity index (χ1n) is 5.84. The number of unbranched alkanes of at least 4 members (excludes halogenated alkanes) is 1. The highest BCUT2D eigenvalue weighted by Gasteiger charge is 2.06. The van der Waals surface area contributed by atoms with Crippen molar-refractivity contribution in [2.45, 2.75) is 25.3 Å². The average molecular weight is 254 g/mol. The molecule has 2 rings (SSSR count). The number of hydrogen-bond acceptors (Lipinski definition) is 2. The van der Waals surface area contributed by atoms with Crippen LogP contribution >= 0.6 is 12.4 Å². The molecule has 0 amide bonds. The molecule has 1 aromatic carbocycles. The molecule has 0 aliphatic carbocycles. The molecule has 0 bridgehead atoms. The van der Waals surface area contributed by atoms with Crippen molar-refractivity contribution >= 4 is 23.3 Å². The van der Waals surface area contributed by atoms with E-state index in [0.717, 1.165) is 31.3 Å². The molecule has 4 heteroatoms. The molecule has 94 valence electrons. The van der Waals surface area contributed by atoms with E-state index in [1.807, 2.05) is 6.20 Å². The van der Waals surface area contributed by atoms with Gasteiger partial charge >= 0.3 is 0 Å². The van der Waals surface area contributed by atoms with Crippen LogP contribution in [-0.2, 0) is 0 Å². The molecular formula is C13H20ClN3. The minimum Gasteiger partial charge on any atom is -0.361 e. The largest absolute Gasteiger partial charge is 0.361 e. The molecule has 0 aliphatic heterocycles. The Labute approximate surface area is 108 Å². The topological polar surface area (TPSA) is 67.8 Å². The lowest BCUT2D eigenvalue weighted by Gasteiger charge is -2.11. The Morgan fingerprint density at radius 1 is 1.18 bits per heavy atom. The summed E-state index contributed by atoms with van der Waals surface area (Å²) < 4.78 is 0. The van der Waals surface area contributed by atoms with Gasteiger partial charge in [0.05, 0.1) is 0 Å². The summed E-state index contributed by atoms with van der Waals surface area (Å²) in [5.41, 5.74) is 14.0. The number of aromatic amines is 1. The van der Waals surface area contributed by atoms with E-state index in [1.165, 1.54) is 10.9 Å². The lowest BCUT2D eigenvalue weighted by atomic mass is 10.0. The summed E-state index contributed by atoms with van der Waals surface area (Å²) in [6, 6.07) is 8.56. The first-order chi connectivity index (χ1) is 7.81. The van der Waals surface area contributed by atoms with Crippen LogP contribution in [0.15, 0.2) is 30.5 Å². The van der Waals surface area contributed by atoms with Crippen molar-refractivity contribution in [3.8, 4) is 0 Å². The number of aromatic nitrogens is 1. The summed E-state index contributed by atoms with van der Waals surface area (Å²) in [6.45, 7) is 0.752. The molecule has 0 saturated heterocycles. The zero-order valence-electron chi connectivity index (χ0n) is 9.86. The molecule has 0 saturated carbocycles. The summed E-state index contributed by atoms with van der Waals surface area (Å²) in [5.74, 6) is 0. The van der Waals surface area contributed by atoms with Crippen LogP contribution in [-0.4, -0.2) is 11.5 Å². The number of rotatable bonds is 5. The first-order valence-corrected chi connectivity index (χ1v) is 5.84. The molecule has 0 aliphatic rings. The van der Waals surface area contributed by atoms with Gasteiger partial charge in [0.1, 0.15) is 0 Å². The summed E-state index contributed by atoms with van der Waals surface area (Å²) in [4.78, 5) is 3.21. The third-order valence-electron chi connectivity index (χ3n) is 2.98. The Hall–Kier alpha value is -1.03. The maximum Gasteiger partial charge on any atom is 0.0457 e. The quantitative estimate of drug-likeness (QED) is 0.718. The second kappa shape index (κ2) is 6.64. The van der Waals surface area contributed by atoms with Gasteiger partial charge in [0, 0.05) is 17.8 Å². The van der Waals surface area contributed by atoms with E-state index in [9.17, 15) is 0 Å². The van der Waals surface area contributed by atoms with E-state index in [4.69, 9.17) is 11.5 Å². The van der Waals surface area contributed by atoms with Crippen molar-refractivity contribution in [2.75, 3.05) is 6.54 Å². The average Bonchev–Trinajstić information content (AvgIpc) is 2.76. The highest BCUT2D eigenvalue weighted by atomic mass is 35.5. The van der Waals surface area contributed by atoms with Crippen molar-refractivity contribution in [3.63, 3.8) is 0 Å². The Morgan fingerprint density at radius 3 is 2.76 bits per heavy atom. The summed E-state index contributed by atoms with van der Waals surface area (Å²) in [5, 5.41) is 1.23. The van der Waals surface area contributed by atoms with Gasteiger partial charge in [-0.1, -0.05) is 18.6 Å². The maximum atomic E-state index is 6.14. The molecule has 3 nitrogen and oxygen atoms in total. The van der Waals surface area contributed by atoms with Gasteiger partial charge in [-0.2, -0.15) is 0 Å². The molecule has 2 aromatic rings. The predicted molar refractivity (Wildman–Crippen MR) is 75.4 cm³/mol. The van der Waals surface area contributed by atoms with Crippen LogP contribution in [0.1, 0.15) is 30.9 Å². The zero-order valence-corrected chi connectivity index (χ0v) is 10.7. The highest BCUT2D eigenvalue weighted by molar-refractivity contribution is 5.85. The van der Waals surface area contributed by atoms with Crippen LogP contribution in [0.2, 0.25) is 0 Å². The molecule has 5 N–H and O–H groups in total. The van der Waals surface area contributed by atoms with Crippen molar-refractivity contribution in [1.29, 1.82) is 0 Å². The predicted octanol–water partition coefficient (Wildman–Crippen LogP) is 2.72. The Balaban J connectivity index is 0.00000144. The standard InChI is InChI=1S/C13H19N3.ClH/c14-7-2-1-3-12(15)11-5-4-10-6-8-16-13(10)9-11;/h4-6,8-9,12,16H,1-3,7,14-15H2;1H/t12-;/m0./s1. The molecule has 0 unspecified atom stereocenters. The van der Waals surface area contributed by atoms with Gasteiger partial charge in [0.2, 0.25) is 0 Å². The zero-order chi connectivity index (χ0) is 11.4. The van der Waals surface area contributed by atoms with Gasteiger partial charge in [-0.15, -0.1) is 12.4 Å². The fraction of sp³-hybridized carbons (Fsp3) is 0.385. The van der Waals surface area contributed by atoms with E-state index in [1.54, 1.807) is 0 Å². The van der Waals surface area contributed by atoms with Crippen LogP contribution < -0.4 is 11.5 Å². The summed E-state index contributed by atoms with van der Waals surface area (Å²) in [6.07, 6.45) is 5.11. The lowest BCUT2D eigenvalue weighted by Crippen LogP contribution is -2.11. The lowest BCUT2D eigenvalue weighted by molar-refractivity contribution is 0.591. The third kappa shape index (κ3) is 3.46. The molecule has 0 radical (unpaired) electrons. The molecular weight excluding hydrogens is 234 g/mol. The van der Waals surface area contributed by atoms with E-state index in [2.05, 4.69) is 29.2 Å². The smallest absolute Gasteiger partial charge is 0.0457 e. The van der Waals surface area contributed by atoms with Crippen LogP contribution in [0.25, 0.3) is 10.9 Å². The Bertz CT molecular complexity index is 453. The molecule has 1 aromatic heterocycles. The fourth-order valence-electron chi connectivity index (χ4n) is 1.97. The number of halogens is 1. The van der Waals surface area contributed by atoms with Gasteiger partial charge in [0.25, 0.3) is 0 Å². The Kier molecular flexibility index (Phi) is 5.48. The second-order valence-electron chi connectivity index (χ2n) is 4.22. The van der Waals surface area contributed by atoms with Crippen molar-refractivity contribution in [2.24, 2.45) is 11.5 Å². The first kappa shape index (κ1) is 14.0. The number of H-pyrrole nitrogens is 1. The van der Waals surface area contributed by atoms with Gasteiger partial charge in [-0.05, 0) is 42.5 Å². The van der Waals surface area contributed by atoms with Crippen molar-refractivity contribution in [3.05, 3.63) is 36.0 Å². The number of nitrogens with one attached hydrogen (secondary N) is 1. The normalized spacial score (nSPS) is 12.4. The minimum atomic E-state index is 0. The molecule has 1 atom stereocenters. The molecule has 0 spiro atoms.